The van der Waals surface area contributed by atoms with E-state index in [1.54, 1.807) is 18.2 Å². The van der Waals surface area contributed by atoms with E-state index in [9.17, 15) is 13.2 Å². The van der Waals surface area contributed by atoms with Crippen LogP contribution in [0.2, 0.25) is 10.0 Å². The molecule has 0 aromatic heterocycles. The average molecular weight is 389 g/mol. The number of sulfone groups is 1. The van der Waals surface area contributed by atoms with Crippen LogP contribution in [0.25, 0.3) is 0 Å². The summed E-state index contributed by atoms with van der Waals surface area (Å²) in [6, 6.07) is 10.5. The third kappa shape index (κ3) is 4.87. The normalized spacial score (nSPS) is 11.1. The Kier molecular flexibility index (Phi) is 6.10. The van der Waals surface area contributed by atoms with Crippen LogP contribution >= 0.6 is 23.2 Å². The third-order valence-corrected chi connectivity index (χ3v) is 4.72. The van der Waals surface area contributed by atoms with Gasteiger partial charge in [0.05, 0.1) is 20.5 Å². The standard InChI is InChI=1S/C16H14Cl2O5S/c1-24(20,21)12-7-5-11(6-8-12)16(19)23-10-9-22-15-13(17)3-2-4-14(15)18/h2-8H,9-10H2,1H3. The van der Waals surface area contributed by atoms with Crippen LogP contribution in [0.3, 0.4) is 0 Å². The molecule has 0 aliphatic heterocycles. The van der Waals surface area contributed by atoms with Crippen molar-refractivity contribution in [2.24, 2.45) is 0 Å². The molecule has 0 heterocycles. The van der Waals surface area contributed by atoms with Crippen molar-refractivity contribution in [3.63, 3.8) is 0 Å². The number of carbonyl (C=O) groups is 1. The minimum absolute atomic E-state index is 0.00574. The molecule has 128 valence electrons. The first kappa shape index (κ1) is 18.6. The smallest absolute Gasteiger partial charge is 0.338 e. The number of rotatable bonds is 6. The topological polar surface area (TPSA) is 69.7 Å². The van der Waals surface area contributed by atoms with Crippen molar-refractivity contribution >= 4 is 39.0 Å². The molecule has 0 fully saturated rings. The summed E-state index contributed by atoms with van der Waals surface area (Å²) in [5, 5.41) is 0.732. The number of ether oxygens (including phenoxy) is 2. The molecule has 2 aromatic carbocycles. The first-order chi connectivity index (χ1) is 11.3. The molecule has 0 saturated heterocycles. The van der Waals surface area contributed by atoms with Gasteiger partial charge in [-0.25, -0.2) is 13.2 Å². The van der Waals surface area contributed by atoms with Crippen LogP contribution in [0.5, 0.6) is 5.75 Å². The molecule has 2 rings (SSSR count). The second-order valence-electron chi connectivity index (χ2n) is 4.83. The van der Waals surface area contributed by atoms with Gasteiger partial charge in [0.25, 0.3) is 0 Å². The van der Waals surface area contributed by atoms with Crippen molar-refractivity contribution in [2.45, 2.75) is 4.90 Å². The highest BCUT2D eigenvalue weighted by molar-refractivity contribution is 7.90. The van der Waals surface area contributed by atoms with Gasteiger partial charge < -0.3 is 9.47 Å². The molecule has 0 amide bonds. The molecule has 5 nitrogen and oxygen atoms in total. The van der Waals surface area contributed by atoms with Crippen molar-refractivity contribution in [3.05, 3.63) is 58.1 Å². The monoisotopic (exact) mass is 388 g/mol. The number of hydrogen-bond donors (Lipinski definition) is 0. The zero-order valence-electron chi connectivity index (χ0n) is 12.7. The van der Waals surface area contributed by atoms with Crippen LogP contribution in [0, 0.1) is 0 Å². The zero-order valence-corrected chi connectivity index (χ0v) is 15.0. The molecule has 2 aromatic rings. The van der Waals surface area contributed by atoms with Gasteiger partial charge in [0.1, 0.15) is 13.2 Å². The zero-order chi connectivity index (χ0) is 17.7. The molecule has 0 radical (unpaired) electrons. The van der Waals surface area contributed by atoms with Crippen LogP contribution in [0.1, 0.15) is 10.4 Å². The molecule has 0 bridgehead atoms. The van der Waals surface area contributed by atoms with Crippen LogP contribution in [0.4, 0.5) is 0 Å². The summed E-state index contributed by atoms with van der Waals surface area (Å²) in [7, 11) is -3.30. The van der Waals surface area contributed by atoms with Crippen molar-refractivity contribution in [2.75, 3.05) is 19.5 Å². The van der Waals surface area contributed by atoms with E-state index in [0.717, 1.165) is 6.26 Å². The molecular weight excluding hydrogens is 375 g/mol. The highest BCUT2D eigenvalue weighted by Gasteiger charge is 2.11. The van der Waals surface area contributed by atoms with E-state index in [2.05, 4.69) is 0 Å². The first-order valence-electron chi connectivity index (χ1n) is 6.83. The molecule has 8 heteroatoms. The van der Waals surface area contributed by atoms with Gasteiger partial charge in [-0.15, -0.1) is 0 Å². The van der Waals surface area contributed by atoms with E-state index < -0.39 is 15.8 Å². The van der Waals surface area contributed by atoms with Gasteiger partial charge in [-0.2, -0.15) is 0 Å². The summed E-state index contributed by atoms with van der Waals surface area (Å²) in [6.45, 7) is 0.0742. The second-order valence-corrected chi connectivity index (χ2v) is 7.66. The van der Waals surface area contributed by atoms with Crippen LogP contribution in [-0.2, 0) is 14.6 Å². The number of benzene rings is 2. The molecule has 0 unspecified atom stereocenters. The maximum absolute atomic E-state index is 11.9. The fraction of sp³-hybridized carbons (Fsp3) is 0.188. The highest BCUT2D eigenvalue weighted by Crippen LogP contribution is 2.32. The van der Waals surface area contributed by atoms with Crippen LogP contribution < -0.4 is 4.74 Å². The lowest BCUT2D eigenvalue weighted by Crippen LogP contribution is -2.12. The Bertz CT molecular complexity index is 812. The minimum atomic E-state index is -3.30. The predicted molar refractivity (Wildman–Crippen MR) is 91.8 cm³/mol. The Morgan fingerprint density at radius 1 is 1.00 bits per heavy atom. The Morgan fingerprint density at radius 3 is 2.12 bits per heavy atom. The van der Waals surface area contributed by atoms with Gasteiger partial charge in [0, 0.05) is 6.26 Å². The van der Waals surface area contributed by atoms with E-state index in [1.807, 2.05) is 0 Å². The average Bonchev–Trinajstić information content (AvgIpc) is 2.53. The lowest BCUT2D eigenvalue weighted by molar-refractivity contribution is 0.0450. The van der Waals surface area contributed by atoms with E-state index in [1.165, 1.54) is 24.3 Å². The molecule has 0 saturated carbocycles. The quantitative estimate of drug-likeness (QED) is 0.558. The molecule has 0 atom stereocenters. The van der Waals surface area contributed by atoms with E-state index in [0.29, 0.717) is 15.8 Å². The summed E-state index contributed by atoms with van der Waals surface area (Å²) >= 11 is 11.9. The predicted octanol–water partition coefficient (Wildman–Crippen LogP) is 3.63. The summed E-state index contributed by atoms with van der Waals surface area (Å²) in [5.74, 6) is -0.252. The van der Waals surface area contributed by atoms with Gasteiger partial charge in [0.15, 0.2) is 15.6 Å². The molecule has 0 spiro atoms. The number of carbonyl (C=O) groups excluding carboxylic acids is 1. The Labute approximate surface area is 150 Å². The lowest BCUT2D eigenvalue weighted by Gasteiger charge is -2.10. The van der Waals surface area contributed by atoms with Gasteiger partial charge in [-0.05, 0) is 36.4 Å². The third-order valence-electron chi connectivity index (χ3n) is 3.00. The summed E-state index contributed by atoms with van der Waals surface area (Å²) < 4.78 is 33.2. The van der Waals surface area contributed by atoms with Crippen LogP contribution in [0.15, 0.2) is 47.4 Å². The Morgan fingerprint density at radius 2 is 1.58 bits per heavy atom. The fourth-order valence-electron chi connectivity index (χ4n) is 1.82. The summed E-state index contributed by atoms with van der Waals surface area (Å²) in [5.41, 5.74) is 0.248. The second kappa shape index (κ2) is 7.88. The fourth-order valence-corrected chi connectivity index (χ4v) is 2.96. The Hall–Kier alpha value is -1.76. The maximum atomic E-state index is 11.9. The van der Waals surface area contributed by atoms with E-state index in [4.69, 9.17) is 32.7 Å². The largest absolute Gasteiger partial charge is 0.487 e. The van der Waals surface area contributed by atoms with Gasteiger partial charge in [-0.3, -0.25) is 0 Å². The first-order valence-corrected chi connectivity index (χ1v) is 9.48. The molecule has 24 heavy (non-hydrogen) atoms. The summed E-state index contributed by atoms with van der Waals surface area (Å²) in [6.07, 6.45) is 1.09. The number of esters is 1. The van der Waals surface area contributed by atoms with E-state index in [-0.39, 0.29) is 23.7 Å². The SMILES string of the molecule is CS(=O)(=O)c1ccc(C(=O)OCCOc2c(Cl)cccc2Cl)cc1. The minimum Gasteiger partial charge on any atom is -0.487 e. The van der Waals surface area contributed by atoms with E-state index >= 15 is 0 Å². The molecule has 0 N–H and O–H groups in total. The Balaban J connectivity index is 1.87. The molecule has 0 aliphatic rings. The van der Waals surface area contributed by atoms with Gasteiger partial charge in [0.2, 0.25) is 0 Å². The van der Waals surface area contributed by atoms with Crippen molar-refractivity contribution in [1.29, 1.82) is 0 Å². The van der Waals surface area contributed by atoms with Crippen LogP contribution in [-0.4, -0.2) is 33.9 Å². The number of halogens is 2. The van der Waals surface area contributed by atoms with Gasteiger partial charge >= 0.3 is 5.97 Å². The number of hydrogen-bond acceptors (Lipinski definition) is 5. The molecular formula is C16H14Cl2O5S. The van der Waals surface area contributed by atoms with Gasteiger partial charge in [-0.1, -0.05) is 29.3 Å². The van der Waals surface area contributed by atoms with Crippen molar-refractivity contribution < 1.29 is 22.7 Å². The summed E-state index contributed by atoms with van der Waals surface area (Å²) in [4.78, 5) is 12.0. The molecule has 0 aliphatic carbocycles. The lowest BCUT2D eigenvalue weighted by atomic mass is 10.2. The highest BCUT2D eigenvalue weighted by atomic mass is 35.5. The number of para-hydroxylation sites is 1. The van der Waals surface area contributed by atoms with Crippen molar-refractivity contribution in [3.8, 4) is 5.75 Å². The maximum Gasteiger partial charge on any atom is 0.338 e. The van der Waals surface area contributed by atoms with Crippen molar-refractivity contribution in [1.82, 2.24) is 0 Å².